The molecule has 3 aromatic carbocycles. The van der Waals surface area contributed by atoms with E-state index in [9.17, 15) is 9.59 Å². The zero-order valence-corrected chi connectivity index (χ0v) is 26.2. The fraction of sp³-hybridized carbons (Fsp3) is 0.444. The Morgan fingerprint density at radius 3 is 2.48 bits per heavy atom. The van der Waals surface area contributed by atoms with E-state index in [2.05, 4.69) is 10.2 Å². The molecule has 2 bridgehead atoms. The highest BCUT2D eigenvalue weighted by Gasteiger charge is 2.37. The van der Waals surface area contributed by atoms with Crippen LogP contribution in [0.15, 0.2) is 72.8 Å². The summed E-state index contributed by atoms with van der Waals surface area (Å²) in [5, 5.41) is 3.11. The van der Waals surface area contributed by atoms with E-state index in [1.807, 2.05) is 60.7 Å². The van der Waals surface area contributed by atoms with E-state index in [4.69, 9.17) is 28.4 Å². The number of hydrogen-bond acceptors (Lipinski definition) is 9. The van der Waals surface area contributed by atoms with Crippen molar-refractivity contribution in [2.24, 2.45) is 5.92 Å². The third kappa shape index (κ3) is 8.17. The van der Waals surface area contributed by atoms with Gasteiger partial charge in [0.1, 0.15) is 29.8 Å². The Balaban J connectivity index is 1.07. The molecule has 244 valence electrons. The number of rotatable bonds is 13. The number of piperidine rings is 3. The predicted octanol–water partition coefficient (Wildman–Crippen LogP) is 5.49. The number of methoxy groups -OCH3 is 1. The molecule has 1 amide bonds. The topological polar surface area (TPSA) is 105 Å². The van der Waals surface area contributed by atoms with E-state index in [1.165, 1.54) is 7.11 Å². The van der Waals surface area contributed by atoms with E-state index in [1.54, 1.807) is 12.1 Å². The molecule has 0 radical (unpaired) electrons. The minimum absolute atomic E-state index is 0.0781. The number of nitrogens with one attached hydrogen (secondary N) is 1. The van der Waals surface area contributed by atoms with Gasteiger partial charge >= 0.3 is 12.1 Å². The van der Waals surface area contributed by atoms with Crippen LogP contribution in [0.3, 0.4) is 0 Å². The zero-order valence-electron chi connectivity index (χ0n) is 26.2. The molecule has 4 saturated heterocycles. The average Bonchev–Trinajstić information content (AvgIpc) is 3.63. The van der Waals surface area contributed by atoms with Gasteiger partial charge in [-0.05, 0) is 79.2 Å². The van der Waals surface area contributed by atoms with Crippen LogP contribution >= 0.6 is 0 Å². The lowest BCUT2D eigenvalue weighted by atomic mass is 9.86. The van der Waals surface area contributed by atoms with E-state index in [-0.39, 0.29) is 25.6 Å². The van der Waals surface area contributed by atoms with Crippen LogP contribution in [0.4, 0.5) is 4.79 Å². The maximum Gasteiger partial charge on any atom is 0.408 e. The van der Waals surface area contributed by atoms with Crippen LogP contribution in [-0.4, -0.2) is 75.9 Å². The van der Waals surface area contributed by atoms with Crippen molar-refractivity contribution >= 4 is 12.1 Å². The van der Waals surface area contributed by atoms with Crippen molar-refractivity contribution in [3.05, 3.63) is 95.1 Å². The number of amides is 1. The Bertz CT molecular complexity index is 1450. The lowest BCUT2D eigenvalue weighted by Crippen LogP contribution is -2.52. The number of hydrogen-bond donors (Lipinski definition) is 1. The quantitative estimate of drug-likeness (QED) is 0.194. The fourth-order valence-electron chi connectivity index (χ4n) is 6.35. The second-order valence-electron chi connectivity index (χ2n) is 11.9. The van der Waals surface area contributed by atoms with Crippen molar-refractivity contribution < 1.29 is 38.0 Å². The third-order valence-electron chi connectivity index (χ3n) is 8.84. The van der Waals surface area contributed by atoms with Gasteiger partial charge in [0.25, 0.3) is 0 Å². The van der Waals surface area contributed by atoms with E-state index in [0.717, 1.165) is 49.2 Å². The van der Waals surface area contributed by atoms with Crippen molar-refractivity contribution in [3.8, 4) is 11.5 Å². The molecule has 46 heavy (non-hydrogen) atoms. The highest BCUT2D eigenvalue weighted by Crippen LogP contribution is 2.31. The molecule has 1 unspecified atom stereocenters. The maximum atomic E-state index is 13.2. The number of esters is 1. The van der Waals surface area contributed by atoms with E-state index >= 15 is 0 Å². The molecule has 10 nitrogen and oxygen atoms in total. The van der Waals surface area contributed by atoms with Crippen LogP contribution in [-0.2, 0) is 25.6 Å². The van der Waals surface area contributed by atoms with Crippen molar-refractivity contribution in [2.45, 2.75) is 50.7 Å². The van der Waals surface area contributed by atoms with Gasteiger partial charge in [-0.25, -0.2) is 9.59 Å². The third-order valence-corrected chi connectivity index (χ3v) is 8.84. The van der Waals surface area contributed by atoms with Crippen LogP contribution in [0.2, 0.25) is 0 Å². The van der Waals surface area contributed by atoms with Crippen LogP contribution in [0.5, 0.6) is 11.5 Å². The van der Waals surface area contributed by atoms with Crippen molar-refractivity contribution in [1.29, 1.82) is 0 Å². The highest BCUT2D eigenvalue weighted by atomic mass is 16.7. The molecule has 0 aliphatic carbocycles. The van der Waals surface area contributed by atoms with Gasteiger partial charge in [-0.2, -0.15) is 0 Å². The average molecular weight is 631 g/mol. The Kier molecular flexibility index (Phi) is 10.7. The van der Waals surface area contributed by atoms with Crippen molar-refractivity contribution in [2.75, 3.05) is 46.6 Å². The SMILES string of the molecule is COc1cc(COc2cccc(C(NC(=O)O[C@H]3CN4CCC3CC4)c3ccccc3)c2)ccc1C(=O)OCCCC1OCCO1. The number of alkyl carbamates (subject to hydrolysis) is 1. The molecule has 7 rings (SSSR count). The summed E-state index contributed by atoms with van der Waals surface area (Å²) < 4.78 is 33.9. The van der Waals surface area contributed by atoms with Crippen LogP contribution in [0.1, 0.15) is 58.8 Å². The minimum Gasteiger partial charge on any atom is -0.496 e. The molecule has 2 atom stereocenters. The summed E-state index contributed by atoms with van der Waals surface area (Å²) in [5.41, 5.74) is 2.99. The summed E-state index contributed by atoms with van der Waals surface area (Å²) in [6.07, 6.45) is 2.76. The molecular formula is C36H42N2O8. The van der Waals surface area contributed by atoms with Gasteiger partial charge in [0.15, 0.2) is 6.29 Å². The van der Waals surface area contributed by atoms with Gasteiger partial charge in [-0.3, -0.25) is 4.90 Å². The smallest absolute Gasteiger partial charge is 0.408 e. The Labute approximate surface area is 269 Å². The molecular weight excluding hydrogens is 588 g/mol. The Hall–Kier alpha value is -4.12. The summed E-state index contributed by atoms with van der Waals surface area (Å²) >= 11 is 0. The van der Waals surface area contributed by atoms with Crippen LogP contribution < -0.4 is 14.8 Å². The first-order valence-electron chi connectivity index (χ1n) is 16.1. The molecule has 3 aromatic rings. The summed E-state index contributed by atoms with van der Waals surface area (Å²) in [4.78, 5) is 28.2. The number of carbonyl (C=O) groups is 2. The summed E-state index contributed by atoms with van der Waals surface area (Å²) in [6.45, 7) is 4.70. The van der Waals surface area contributed by atoms with Gasteiger partial charge in [-0.15, -0.1) is 0 Å². The molecule has 0 spiro atoms. The fourth-order valence-corrected chi connectivity index (χ4v) is 6.35. The predicted molar refractivity (Wildman–Crippen MR) is 170 cm³/mol. The van der Waals surface area contributed by atoms with Gasteiger partial charge < -0.3 is 33.7 Å². The molecule has 1 N–H and O–H groups in total. The second-order valence-corrected chi connectivity index (χ2v) is 11.9. The van der Waals surface area contributed by atoms with E-state index in [0.29, 0.717) is 49.0 Å². The van der Waals surface area contributed by atoms with Gasteiger partial charge in [0.2, 0.25) is 0 Å². The normalized spacial score (nSPS) is 21.4. The van der Waals surface area contributed by atoms with Crippen LogP contribution in [0, 0.1) is 5.92 Å². The number of ether oxygens (including phenoxy) is 6. The van der Waals surface area contributed by atoms with Crippen molar-refractivity contribution in [3.63, 3.8) is 0 Å². The highest BCUT2D eigenvalue weighted by molar-refractivity contribution is 5.92. The van der Waals surface area contributed by atoms with Gasteiger partial charge in [0.05, 0.1) is 33.0 Å². The monoisotopic (exact) mass is 630 g/mol. The first-order valence-corrected chi connectivity index (χ1v) is 16.1. The molecule has 4 fully saturated rings. The standard InChI is InChI=1S/C36H42N2O8/c1-41-31-21-25(12-13-30(31)35(39)44-18-6-11-33-42-19-20-43-33)24-45-29-10-5-9-28(22-29)34(27-7-3-2-4-8-27)37-36(40)46-32-23-38-16-14-26(32)15-17-38/h2-5,7-10,12-13,21-22,26,32-34H,6,11,14-20,23-24H2,1H3,(H,37,40)/t32-,34?/m0/s1. The minimum atomic E-state index is -0.447. The lowest BCUT2D eigenvalue weighted by Gasteiger charge is -2.43. The van der Waals surface area contributed by atoms with Gasteiger partial charge in [0, 0.05) is 13.0 Å². The molecule has 4 aliphatic rings. The lowest BCUT2D eigenvalue weighted by molar-refractivity contribution is -0.0505. The molecule has 4 heterocycles. The Morgan fingerprint density at radius 2 is 1.74 bits per heavy atom. The first kappa shape index (κ1) is 31.8. The molecule has 4 aliphatic heterocycles. The summed E-state index contributed by atoms with van der Waals surface area (Å²) in [5.74, 6) is 1.04. The number of carbonyl (C=O) groups excluding carboxylic acids is 2. The second kappa shape index (κ2) is 15.4. The number of benzene rings is 3. The zero-order chi connectivity index (χ0) is 31.7. The number of fused-ring (bicyclic) bond motifs is 3. The summed E-state index contributed by atoms with van der Waals surface area (Å²) in [6, 6.07) is 22.4. The molecule has 0 saturated carbocycles. The first-order chi connectivity index (χ1) is 22.6. The van der Waals surface area contributed by atoms with E-state index < -0.39 is 18.1 Å². The Morgan fingerprint density at radius 1 is 0.957 bits per heavy atom. The van der Waals surface area contributed by atoms with Crippen molar-refractivity contribution in [1.82, 2.24) is 10.2 Å². The summed E-state index contributed by atoms with van der Waals surface area (Å²) in [7, 11) is 1.52. The number of nitrogens with zero attached hydrogens (tertiary/aromatic N) is 1. The van der Waals surface area contributed by atoms with Gasteiger partial charge in [-0.1, -0.05) is 48.5 Å². The van der Waals surface area contributed by atoms with Crippen LogP contribution in [0.25, 0.3) is 0 Å². The molecule has 0 aromatic heterocycles. The largest absolute Gasteiger partial charge is 0.496 e. The molecule has 10 heteroatoms. The maximum absolute atomic E-state index is 13.2.